The van der Waals surface area contributed by atoms with Gasteiger partial charge in [-0.15, -0.1) is 0 Å². The van der Waals surface area contributed by atoms with Crippen LogP contribution in [0.15, 0.2) is 30.4 Å². The van der Waals surface area contributed by atoms with Crippen LogP contribution in [0.4, 0.5) is 5.69 Å². The lowest BCUT2D eigenvalue weighted by molar-refractivity contribution is -0.132. The Morgan fingerprint density at radius 2 is 2.03 bits per heavy atom. The standard InChI is InChI=1S/C22H25N3O6/c26-20(23-5-6-24-7-9-28-10-8-24)18-16-3-4-22(31-16)12-25(21(27)19(18)22)14-1-2-15-17(11-14)30-13-29-15/h1-4,11,16,18-19H,5-10,12-13H2,(H,23,26)/t16-,18+,19-,22-/m1/s1. The van der Waals surface area contributed by atoms with Gasteiger partial charge in [-0.3, -0.25) is 14.5 Å². The fraction of sp³-hybridized carbons (Fsp3) is 0.545. The van der Waals surface area contributed by atoms with Crippen LogP contribution in [0.5, 0.6) is 11.5 Å². The summed E-state index contributed by atoms with van der Waals surface area (Å²) in [5, 5.41) is 3.03. The van der Waals surface area contributed by atoms with E-state index in [0.29, 0.717) is 24.6 Å². The van der Waals surface area contributed by atoms with Crippen molar-refractivity contribution in [3.8, 4) is 11.5 Å². The molecular formula is C22H25N3O6. The van der Waals surface area contributed by atoms with Crippen molar-refractivity contribution in [2.24, 2.45) is 11.8 Å². The molecule has 0 unspecified atom stereocenters. The number of anilines is 1. The molecule has 1 aromatic rings. The molecule has 164 valence electrons. The number of carbonyl (C=O) groups excluding carboxylic acids is 2. The molecule has 6 rings (SSSR count). The van der Waals surface area contributed by atoms with Crippen LogP contribution in [0.2, 0.25) is 0 Å². The van der Waals surface area contributed by atoms with E-state index in [4.69, 9.17) is 18.9 Å². The maximum Gasteiger partial charge on any atom is 0.234 e. The van der Waals surface area contributed by atoms with Gasteiger partial charge in [0.15, 0.2) is 11.5 Å². The van der Waals surface area contributed by atoms with Crippen LogP contribution in [0, 0.1) is 11.8 Å². The third-order valence-corrected chi connectivity index (χ3v) is 6.90. The summed E-state index contributed by atoms with van der Waals surface area (Å²) in [5.74, 6) is 0.0632. The molecule has 2 bridgehead atoms. The van der Waals surface area contributed by atoms with Gasteiger partial charge in [-0.05, 0) is 12.1 Å². The summed E-state index contributed by atoms with van der Waals surface area (Å²) < 4.78 is 22.4. The van der Waals surface area contributed by atoms with Gasteiger partial charge in [-0.1, -0.05) is 12.2 Å². The largest absolute Gasteiger partial charge is 0.454 e. The number of hydrogen-bond acceptors (Lipinski definition) is 7. The van der Waals surface area contributed by atoms with E-state index < -0.39 is 17.4 Å². The molecule has 3 saturated heterocycles. The highest BCUT2D eigenvalue weighted by Crippen LogP contribution is 2.53. The fourth-order valence-corrected chi connectivity index (χ4v) is 5.35. The van der Waals surface area contributed by atoms with E-state index in [-0.39, 0.29) is 24.7 Å². The van der Waals surface area contributed by atoms with Crippen molar-refractivity contribution < 1.29 is 28.5 Å². The molecule has 5 aliphatic rings. The number of fused-ring (bicyclic) bond motifs is 2. The van der Waals surface area contributed by atoms with Gasteiger partial charge in [-0.2, -0.15) is 0 Å². The van der Waals surface area contributed by atoms with Gasteiger partial charge in [0.1, 0.15) is 5.60 Å². The zero-order chi connectivity index (χ0) is 21.0. The molecule has 0 radical (unpaired) electrons. The van der Waals surface area contributed by atoms with Crippen molar-refractivity contribution in [2.45, 2.75) is 11.7 Å². The van der Waals surface area contributed by atoms with Crippen molar-refractivity contribution >= 4 is 17.5 Å². The molecular weight excluding hydrogens is 402 g/mol. The highest BCUT2D eigenvalue weighted by Gasteiger charge is 2.67. The average molecular weight is 427 g/mol. The molecule has 1 spiro atoms. The van der Waals surface area contributed by atoms with Gasteiger partial charge in [0.25, 0.3) is 0 Å². The molecule has 5 aliphatic heterocycles. The Bertz CT molecular complexity index is 945. The zero-order valence-electron chi connectivity index (χ0n) is 17.1. The van der Waals surface area contributed by atoms with E-state index in [2.05, 4.69) is 10.2 Å². The van der Waals surface area contributed by atoms with Crippen LogP contribution < -0.4 is 19.7 Å². The number of nitrogens with zero attached hydrogens (tertiary/aromatic N) is 2. The number of ether oxygens (including phenoxy) is 4. The Morgan fingerprint density at radius 3 is 2.90 bits per heavy atom. The first-order valence-electron chi connectivity index (χ1n) is 10.8. The van der Waals surface area contributed by atoms with E-state index in [1.165, 1.54) is 0 Å². The first-order chi connectivity index (χ1) is 15.1. The molecule has 4 atom stereocenters. The summed E-state index contributed by atoms with van der Waals surface area (Å²) in [6.07, 6.45) is 3.54. The Labute approximate surface area is 179 Å². The predicted octanol–water partition coefficient (Wildman–Crippen LogP) is 0.150. The van der Waals surface area contributed by atoms with Gasteiger partial charge in [0.05, 0.1) is 37.7 Å². The summed E-state index contributed by atoms with van der Waals surface area (Å²) in [7, 11) is 0. The number of morpholine rings is 1. The first kappa shape index (κ1) is 19.1. The smallest absolute Gasteiger partial charge is 0.234 e. The quantitative estimate of drug-likeness (QED) is 0.669. The minimum atomic E-state index is -0.746. The van der Waals surface area contributed by atoms with E-state index in [1.807, 2.05) is 24.3 Å². The molecule has 5 heterocycles. The summed E-state index contributed by atoms with van der Waals surface area (Å²) in [5.41, 5.74) is -0.0189. The van der Waals surface area contributed by atoms with Crippen molar-refractivity contribution in [3.63, 3.8) is 0 Å². The molecule has 3 fully saturated rings. The maximum absolute atomic E-state index is 13.4. The van der Waals surface area contributed by atoms with Crippen molar-refractivity contribution in [1.29, 1.82) is 0 Å². The number of hydrogen-bond donors (Lipinski definition) is 1. The minimum Gasteiger partial charge on any atom is -0.454 e. The summed E-state index contributed by atoms with van der Waals surface area (Å²) >= 11 is 0. The second-order valence-electron chi connectivity index (χ2n) is 8.61. The normalized spacial score (nSPS) is 33.2. The van der Waals surface area contributed by atoms with E-state index in [9.17, 15) is 9.59 Å². The van der Waals surface area contributed by atoms with E-state index in [1.54, 1.807) is 11.0 Å². The van der Waals surface area contributed by atoms with Crippen LogP contribution >= 0.6 is 0 Å². The Hall–Kier alpha value is -2.62. The zero-order valence-corrected chi connectivity index (χ0v) is 17.1. The van der Waals surface area contributed by atoms with Gasteiger partial charge in [0, 0.05) is 37.9 Å². The lowest BCUT2D eigenvalue weighted by Crippen LogP contribution is -2.46. The highest BCUT2D eigenvalue weighted by molar-refractivity contribution is 6.03. The second-order valence-corrected chi connectivity index (χ2v) is 8.61. The molecule has 0 aliphatic carbocycles. The van der Waals surface area contributed by atoms with Crippen molar-refractivity contribution in [1.82, 2.24) is 10.2 Å². The molecule has 31 heavy (non-hydrogen) atoms. The van der Waals surface area contributed by atoms with Crippen LogP contribution in [0.1, 0.15) is 0 Å². The number of amides is 2. The van der Waals surface area contributed by atoms with Crippen molar-refractivity contribution in [3.05, 3.63) is 30.4 Å². The molecule has 1 N–H and O–H groups in total. The second kappa shape index (κ2) is 7.22. The molecule has 0 aromatic heterocycles. The van der Waals surface area contributed by atoms with Crippen LogP contribution in [0.3, 0.4) is 0 Å². The third-order valence-electron chi connectivity index (χ3n) is 6.90. The van der Waals surface area contributed by atoms with Crippen LogP contribution in [-0.4, -0.2) is 81.1 Å². The number of rotatable bonds is 5. The first-order valence-corrected chi connectivity index (χ1v) is 10.8. The van der Waals surface area contributed by atoms with E-state index in [0.717, 1.165) is 38.5 Å². The van der Waals surface area contributed by atoms with E-state index >= 15 is 0 Å². The third kappa shape index (κ3) is 3.02. The molecule has 9 nitrogen and oxygen atoms in total. The Kier molecular flexibility index (Phi) is 4.45. The molecule has 2 amide bonds. The number of nitrogens with one attached hydrogen (secondary N) is 1. The number of carbonyl (C=O) groups is 2. The molecule has 0 saturated carbocycles. The van der Waals surface area contributed by atoms with Gasteiger partial charge in [0.2, 0.25) is 18.6 Å². The Balaban J connectivity index is 1.17. The highest BCUT2D eigenvalue weighted by atomic mass is 16.7. The molecule has 1 aromatic carbocycles. The van der Waals surface area contributed by atoms with Crippen molar-refractivity contribution in [2.75, 3.05) is 57.6 Å². The summed E-state index contributed by atoms with van der Waals surface area (Å²) in [4.78, 5) is 30.5. The summed E-state index contributed by atoms with van der Waals surface area (Å²) in [6, 6.07) is 5.46. The maximum atomic E-state index is 13.4. The van der Waals surface area contributed by atoms with Gasteiger partial charge in [-0.25, -0.2) is 0 Å². The lowest BCUT2D eigenvalue weighted by Gasteiger charge is -2.27. The van der Waals surface area contributed by atoms with Gasteiger partial charge >= 0.3 is 0 Å². The van der Waals surface area contributed by atoms with Crippen LogP contribution in [-0.2, 0) is 19.1 Å². The minimum absolute atomic E-state index is 0.0842. The Morgan fingerprint density at radius 1 is 1.19 bits per heavy atom. The SMILES string of the molecule is O=C(NCCN1CCOCC1)[C@H]1[C@H]2C=C[C@]3(CN(c4ccc5c(c4)OCO5)C(=O)[C@@H]13)O2. The number of benzene rings is 1. The topological polar surface area (TPSA) is 89.6 Å². The summed E-state index contributed by atoms with van der Waals surface area (Å²) in [6.45, 7) is 5.10. The fourth-order valence-electron chi connectivity index (χ4n) is 5.35. The average Bonchev–Trinajstić information content (AvgIpc) is 3.54. The predicted molar refractivity (Wildman–Crippen MR) is 109 cm³/mol. The van der Waals surface area contributed by atoms with Crippen LogP contribution in [0.25, 0.3) is 0 Å². The monoisotopic (exact) mass is 427 g/mol. The van der Waals surface area contributed by atoms with Gasteiger partial charge < -0.3 is 29.2 Å². The molecule has 9 heteroatoms. The lowest BCUT2D eigenvalue weighted by atomic mass is 9.77.